The molecule has 1 heteroatoms. The van der Waals surface area contributed by atoms with Crippen LogP contribution in [0.1, 0.15) is 51.7 Å². The Kier molecular flexibility index (Phi) is 10.3. The minimum Gasteiger partial charge on any atom is -0.207 e. The van der Waals surface area contributed by atoms with Crippen LogP contribution < -0.4 is 0 Å². The minimum atomic E-state index is -0.163. The molecule has 0 spiro atoms. The van der Waals surface area contributed by atoms with E-state index in [1.807, 2.05) is 32.0 Å². The molecule has 20 heavy (non-hydrogen) atoms. The van der Waals surface area contributed by atoms with Crippen molar-refractivity contribution in [2.75, 3.05) is 0 Å². The number of aryl methyl sites for hydroxylation is 1. The van der Waals surface area contributed by atoms with Crippen LogP contribution in [0.2, 0.25) is 0 Å². The number of rotatable bonds is 2. The Hall–Kier alpha value is -1.63. The van der Waals surface area contributed by atoms with E-state index in [4.69, 9.17) is 0 Å². The highest BCUT2D eigenvalue weighted by Gasteiger charge is 1.96. The van der Waals surface area contributed by atoms with E-state index in [0.717, 1.165) is 6.42 Å². The van der Waals surface area contributed by atoms with E-state index in [1.54, 1.807) is 0 Å². The van der Waals surface area contributed by atoms with Crippen LogP contribution >= 0.6 is 0 Å². The highest BCUT2D eigenvalue weighted by atomic mass is 19.1. The van der Waals surface area contributed by atoms with Crippen LogP contribution in [0, 0.1) is 5.82 Å². The summed E-state index contributed by atoms with van der Waals surface area (Å²) in [6.07, 6.45) is 1.14. The molecule has 0 radical (unpaired) electrons. The van der Waals surface area contributed by atoms with Gasteiger partial charge in [0.2, 0.25) is 0 Å². The van der Waals surface area contributed by atoms with E-state index in [-0.39, 0.29) is 5.82 Å². The van der Waals surface area contributed by atoms with Gasteiger partial charge >= 0.3 is 0 Å². The number of halogens is 1. The molecule has 2 aromatic carbocycles. The van der Waals surface area contributed by atoms with Gasteiger partial charge in [-0.15, -0.1) is 0 Å². The van der Waals surface area contributed by atoms with E-state index in [2.05, 4.69) is 45.0 Å². The third-order valence-electron chi connectivity index (χ3n) is 2.79. The predicted octanol–water partition coefficient (Wildman–Crippen LogP) is 6.22. The molecule has 0 bridgehead atoms. The summed E-state index contributed by atoms with van der Waals surface area (Å²) in [6, 6.07) is 17.1. The van der Waals surface area contributed by atoms with Crippen molar-refractivity contribution in [1.82, 2.24) is 0 Å². The Labute approximate surface area is 123 Å². The molecule has 0 amide bonds. The van der Waals surface area contributed by atoms with E-state index in [0.29, 0.717) is 5.92 Å². The van der Waals surface area contributed by atoms with Gasteiger partial charge in [0, 0.05) is 0 Å². The molecule has 2 rings (SSSR count). The van der Waals surface area contributed by atoms with Crippen LogP contribution in [-0.4, -0.2) is 0 Å². The van der Waals surface area contributed by atoms with Gasteiger partial charge < -0.3 is 0 Å². The Morgan fingerprint density at radius 1 is 0.850 bits per heavy atom. The zero-order valence-electron chi connectivity index (χ0n) is 13.4. The summed E-state index contributed by atoms with van der Waals surface area (Å²) in [5.41, 5.74) is 2.59. The first-order valence-electron chi connectivity index (χ1n) is 7.43. The Morgan fingerprint density at radius 2 is 1.35 bits per heavy atom. The summed E-state index contributed by atoms with van der Waals surface area (Å²) in [7, 11) is 0. The van der Waals surface area contributed by atoms with Crippen LogP contribution in [0.15, 0.2) is 54.6 Å². The normalized spacial score (nSPS) is 9.15. The van der Waals surface area contributed by atoms with E-state index >= 15 is 0 Å². The number of hydrogen-bond donors (Lipinski definition) is 0. The molecule has 110 valence electrons. The summed E-state index contributed by atoms with van der Waals surface area (Å²) in [5, 5.41) is 0. The second-order valence-electron chi connectivity index (χ2n) is 4.55. The van der Waals surface area contributed by atoms with Gasteiger partial charge in [-0.2, -0.15) is 0 Å². The first-order valence-corrected chi connectivity index (χ1v) is 7.43. The van der Waals surface area contributed by atoms with Crippen LogP contribution in [0.4, 0.5) is 4.39 Å². The fraction of sp³-hybridized carbons (Fsp3) is 0.368. The van der Waals surface area contributed by atoms with Crippen molar-refractivity contribution in [2.45, 2.75) is 47.0 Å². The van der Waals surface area contributed by atoms with Gasteiger partial charge in [0.1, 0.15) is 5.82 Å². The second-order valence-corrected chi connectivity index (χ2v) is 4.55. The average Bonchev–Trinajstić information content (AvgIpc) is 2.51. The van der Waals surface area contributed by atoms with E-state index in [1.165, 1.54) is 23.3 Å². The molecule has 0 atom stereocenters. The van der Waals surface area contributed by atoms with Gasteiger partial charge in [-0.05, 0) is 35.6 Å². The Bertz CT molecular complexity index is 429. The maximum absolute atomic E-state index is 12.4. The molecule has 0 heterocycles. The molecule has 0 aliphatic heterocycles. The van der Waals surface area contributed by atoms with Crippen LogP contribution in [0.5, 0.6) is 0 Å². The highest BCUT2D eigenvalue weighted by Crippen LogP contribution is 2.13. The molecule has 0 unspecified atom stereocenters. The molecule has 0 aliphatic rings. The van der Waals surface area contributed by atoms with Gasteiger partial charge in [-0.3, -0.25) is 0 Å². The highest BCUT2D eigenvalue weighted by molar-refractivity contribution is 5.18. The van der Waals surface area contributed by atoms with Crippen molar-refractivity contribution >= 4 is 0 Å². The van der Waals surface area contributed by atoms with E-state index in [9.17, 15) is 4.39 Å². The van der Waals surface area contributed by atoms with Crippen molar-refractivity contribution in [3.05, 3.63) is 71.5 Å². The SMILES string of the molecule is CC.CC(C)c1ccc(F)cc1.CCc1ccccc1. The van der Waals surface area contributed by atoms with Crippen molar-refractivity contribution in [3.8, 4) is 0 Å². The maximum atomic E-state index is 12.4. The van der Waals surface area contributed by atoms with Crippen molar-refractivity contribution < 1.29 is 4.39 Å². The summed E-state index contributed by atoms with van der Waals surface area (Å²) in [6.45, 7) is 10.3. The number of hydrogen-bond acceptors (Lipinski definition) is 0. The molecular formula is C19H27F. The lowest BCUT2D eigenvalue weighted by atomic mass is 10.0. The molecule has 0 aromatic heterocycles. The minimum absolute atomic E-state index is 0.163. The van der Waals surface area contributed by atoms with Gasteiger partial charge in [-0.1, -0.05) is 77.1 Å². The van der Waals surface area contributed by atoms with Crippen LogP contribution in [-0.2, 0) is 6.42 Å². The average molecular weight is 274 g/mol. The Morgan fingerprint density at radius 3 is 1.70 bits per heavy atom. The monoisotopic (exact) mass is 274 g/mol. The largest absolute Gasteiger partial charge is 0.207 e. The molecule has 0 saturated heterocycles. The molecular weight excluding hydrogens is 247 g/mol. The zero-order valence-corrected chi connectivity index (χ0v) is 13.4. The van der Waals surface area contributed by atoms with Crippen LogP contribution in [0.3, 0.4) is 0 Å². The summed E-state index contributed by atoms with van der Waals surface area (Å²) in [5.74, 6) is 0.324. The topological polar surface area (TPSA) is 0 Å². The summed E-state index contributed by atoms with van der Waals surface area (Å²) in [4.78, 5) is 0. The summed E-state index contributed by atoms with van der Waals surface area (Å²) >= 11 is 0. The molecule has 0 N–H and O–H groups in total. The fourth-order valence-corrected chi connectivity index (χ4v) is 1.56. The zero-order chi connectivity index (χ0) is 15.4. The lowest BCUT2D eigenvalue weighted by Crippen LogP contribution is -1.85. The second kappa shape index (κ2) is 11.2. The Balaban J connectivity index is 0.000000327. The van der Waals surface area contributed by atoms with Crippen molar-refractivity contribution in [3.63, 3.8) is 0 Å². The third kappa shape index (κ3) is 7.73. The third-order valence-corrected chi connectivity index (χ3v) is 2.79. The first-order chi connectivity index (χ1) is 9.63. The van der Waals surface area contributed by atoms with E-state index < -0.39 is 0 Å². The van der Waals surface area contributed by atoms with Crippen molar-refractivity contribution in [2.24, 2.45) is 0 Å². The number of benzene rings is 2. The maximum Gasteiger partial charge on any atom is 0.123 e. The van der Waals surface area contributed by atoms with Gasteiger partial charge in [0.05, 0.1) is 0 Å². The first kappa shape index (κ1) is 18.4. The lowest BCUT2D eigenvalue weighted by Gasteiger charge is -2.02. The van der Waals surface area contributed by atoms with Crippen LogP contribution in [0.25, 0.3) is 0 Å². The quantitative estimate of drug-likeness (QED) is 0.609. The molecule has 0 nitrogen and oxygen atoms in total. The van der Waals surface area contributed by atoms with Gasteiger partial charge in [0.25, 0.3) is 0 Å². The lowest BCUT2D eigenvalue weighted by molar-refractivity contribution is 0.626. The van der Waals surface area contributed by atoms with Crippen molar-refractivity contribution in [1.29, 1.82) is 0 Å². The predicted molar refractivity (Wildman–Crippen MR) is 87.7 cm³/mol. The molecule has 0 aliphatic carbocycles. The molecule has 0 saturated carbocycles. The van der Waals surface area contributed by atoms with Gasteiger partial charge in [-0.25, -0.2) is 4.39 Å². The molecule has 2 aromatic rings. The smallest absolute Gasteiger partial charge is 0.123 e. The fourth-order valence-electron chi connectivity index (χ4n) is 1.56. The summed E-state index contributed by atoms with van der Waals surface area (Å²) < 4.78 is 12.4. The van der Waals surface area contributed by atoms with Gasteiger partial charge in [0.15, 0.2) is 0 Å². The standard InChI is InChI=1S/C9H11F.C8H10.C2H6/c1-7(2)8-3-5-9(10)6-4-8;1-2-8-6-4-3-5-7-8;1-2/h3-7H,1-2H3;3-7H,2H2,1H3;1-2H3. The molecule has 0 fully saturated rings.